The molecule has 0 aliphatic carbocycles. The van der Waals surface area contributed by atoms with Crippen LogP contribution in [0.25, 0.3) is 22.0 Å². The maximum Gasteiger partial charge on any atom is 0.252 e. The van der Waals surface area contributed by atoms with Crippen LogP contribution in [0.4, 0.5) is 0 Å². The Morgan fingerprint density at radius 3 is 2.70 bits per heavy atom. The average molecular weight is 325 g/mol. The molecule has 23 heavy (non-hydrogen) atoms. The van der Waals surface area contributed by atoms with E-state index in [-0.39, 0.29) is 17.5 Å². The fourth-order valence-electron chi connectivity index (χ4n) is 2.74. The topological polar surface area (TPSA) is 59.2 Å². The highest BCUT2D eigenvalue weighted by Gasteiger charge is 2.16. The van der Waals surface area contributed by atoms with Gasteiger partial charge in [-0.05, 0) is 23.8 Å². The summed E-state index contributed by atoms with van der Waals surface area (Å²) in [5.74, 6) is 0.704. The molecule has 0 saturated carbocycles. The molecule has 0 radical (unpaired) electrons. The fourth-order valence-corrected chi connectivity index (χ4v) is 2.94. The Bertz CT molecular complexity index is 946. The van der Waals surface area contributed by atoms with Crippen LogP contribution >= 0.6 is 9.24 Å². The zero-order valence-corrected chi connectivity index (χ0v) is 13.8. The lowest BCUT2D eigenvalue weighted by atomic mass is 9.95. The first-order valence-corrected chi connectivity index (χ1v) is 7.74. The number of H-pyrrole nitrogens is 1. The van der Waals surface area contributed by atoms with Gasteiger partial charge in [-0.1, -0.05) is 39.6 Å². The van der Waals surface area contributed by atoms with E-state index in [0.717, 1.165) is 22.0 Å². The number of fused-ring (bicyclic) bond motifs is 1. The first-order valence-electron chi connectivity index (χ1n) is 7.17. The van der Waals surface area contributed by atoms with Crippen LogP contribution in [0, 0.1) is 0 Å². The highest BCUT2D eigenvalue weighted by atomic mass is 31.0. The van der Waals surface area contributed by atoms with Gasteiger partial charge in [-0.3, -0.25) is 9.59 Å². The summed E-state index contributed by atoms with van der Waals surface area (Å²) >= 11 is 0. The van der Waals surface area contributed by atoms with Crippen molar-refractivity contribution in [2.45, 2.75) is 6.42 Å². The van der Waals surface area contributed by atoms with E-state index in [1.54, 1.807) is 7.11 Å². The van der Waals surface area contributed by atoms with E-state index in [1.165, 1.54) is 0 Å². The number of pyridine rings is 1. The van der Waals surface area contributed by atoms with Crippen LogP contribution in [0.3, 0.4) is 0 Å². The first kappa shape index (κ1) is 15.4. The number of methoxy groups -OCH3 is 1. The van der Waals surface area contributed by atoms with Crippen LogP contribution < -0.4 is 10.3 Å². The molecule has 116 valence electrons. The molecule has 1 unspecified atom stereocenters. The Morgan fingerprint density at radius 2 is 1.96 bits per heavy atom. The number of rotatable bonds is 4. The number of benzene rings is 2. The lowest BCUT2D eigenvalue weighted by Gasteiger charge is -2.13. The predicted molar refractivity (Wildman–Crippen MR) is 95.0 cm³/mol. The Labute approximate surface area is 135 Å². The monoisotopic (exact) mass is 325 g/mol. The third kappa shape index (κ3) is 3.03. The molecule has 0 aliphatic heterocycles. The number of ether oxygens (including phenoxy) is 1. The lowest BCUT2D eigenvalue weighted by molar-refractivity contribution is -0.110. The van der Waals surface area contributed by atoms with Gasteiger partial charge >= 0.3 is 0 Å². The van der Waals surface area contributed by atoms with Crippen molar-refractivity contribution in [3.63, 3.8) is 0 Å². The van der Waals surface area contributed by atoms with Gasteiger partial charge in [0.15, 0.2) is 5.52 Å². The van der Waals surface area contributed by atoms with Crippen LogP contribution in [0.5, 0.6) is 5.75 Å². The molecule has 0 spiro atoms. The van der Waals surface area contributed by atoms with Crippen molar-refractivity contribution < 1.29 is 9.53 Å². The second-order valence-corrected chi connectivity index (χ2v) is 5.87. The molecular weight excluding hydrogens is 309 g/mol. The molecule has 5 heteroatoms. The molecule has 1 atom stereocenters. The summed E-state index contributed by atoms with van der Waals surface area (Å²) in [6.45, 7) is 0. The Hall–Kier alpha value is -2.45. The van der Waals surface area contributed by atoms with Gasteiger partial charge in [0.05, 0.1) is 7.11 Å². The predicted octanol–water partition coefficient (Wildman–Crippen LogP) is 3.15. The van der Waals surface area contributed by atoms with Crippen molar-refractivity contribution in [3.05, 3.63) is 64.4 Å². The highest BCUT2D eigenvalue weighted by Crippen LogP contribution is 2.32. The number of aromatic nitrogens is 1. The zero-order valence-electron chi connectivity index (χ0n) is 12.6. The van der Waals surface area contributed by atoms with Crippen molar-refractivity contribution in [1.29, 1.82) is 0 Å². The summed E-state index contributed by atoms with van der Waals surface area (Å²) in [7, 11) is 3.73. The summed E-state index contributed by atoms with van der Waals surface area (Å²) in [5, 5.41) is 0.904. The minimum atomic E-state index is -0.239. The number of carbonyl (C=O) groups is 1. The maximum absolute atomic E-state index is 12.5. The van der Waals surface area contributed by atoms with Crippen LogP contribution in [-0.2, 0) is 11.2 Å². The van der Waals surface area contributed by atoms with Gasteiger partial charge in [-0.15, -0.1) is 0 Å². The molecule has 0 fully saturated rings. The van der Waals surface area contributed by atoms with Crippen LogP contribution in [0.1, 0.15) is 5.56 Å². The van der Waals surface area contributed by atoms with E-state index in [4.69, 9.17) is 4.74 Å². The van der Waals surface area contributed by atoms with E-state index in [0.29, 0.717) is 11.3 Å². The van der Waals surface area contributed by atoms with Crippen molar-refractivity contribution in [1.82, 2.24) is 4.98 Å². The molecule has 1 heterocycles. The largest absolute Gasteiger partial charge is 0.497 e. The molecule has 3 rings (SSSR count). The molecule has 0 bridgehead atoms. The van der Waals surface area contributed by atoms with Gasteiger partial charge < -0.3 is 9.72 Å². The molecule has 1 N–H and O–H groups in total. The standard InChI is InChI=1S/C18H16NO3P/c1-22-12-6-4-5-11(9-12)17-13-7-2-3-8-15(13)19-18(21)14(17)10-16(20)23/h2-9H,10,23H2,1H3,(H,19,21). The summed E-state index contributed by atoms with van der Waals surface area (Å²) < 4.78 is 5.28. The van der Waals surface area contributed by atoms with Gasteiger partial charge in [0.2, 0.25) is 0 Å². The number of carbonyl (C=O) groups excluding carboxylic acids is 1. The number of nitrogens with one attached hydrogen (secondary N) is 1. The quantitative estimate of drug-likeness (QED) is 0.750. The molecule has 2 aromatic carbocycles. The molecule has 0 amide bonds. The van der Waals surface area contributed by atoms with E-state index < -0.39 is 0 Å². The van der Waals surface area contributed by atoms with Gasteiger partial charge in [0, 0.05) is 28.5 Å². The number of hydrogen-bond donors (Lipinski definition) is 1. The second kappa shape index (κ2) is 6.35. The van der Waals surface area contributed by atoms with E-state index in [9.17, 15) is 9.59 Å². The lowest BCUT2D eigenvalue weighted by Crippen LogP contribution is -2.16. The second-order valence-electron chi connectivity index (χ2n) is 5.23. The highest BCUT2D eigenvalue weighted by molar-refractivity contribution is 7.40. The van der Waals surface area contributed by atoms with Crippen molar-refractivity contribution >= 4 is 25.7 Å². The van der Waals surface area contributed by atoms with Crippen molar-refractivity contribution in [3.8, 4) is 16.9 Å². The van der Waals surface area contributed by atoms with Crippen molar-refractivity contribution in [2.24, 2.45) is 0 Å². The molecule has 4 nitrogen and oxygen atoms in total. The van der Waals surface area contributed by atoms with E-state index in [2.05, 4.69) is 14.2 Å². The van der Waals surface area contributed by atoms with E-state index >= 15 is 0 Å². The SMILES string of the molecule is COc1cccc(-c2c(CC(=O)P)c(=O)[nH]c3ccccc23)c1. The van der Waals surface area contributed by atoms with Crippen molar-refractivity contribution in [2.75, 3.05) is 7.11 Å². The summed E-state index contributed by atoms with van der Waals surface area (Å²) in [4.78, 5) is 26.9. The fraction of sp³-hybridized carbons (Fsp3) is 0.111. The normalized spacial score (nSPS) is 10.7. The smallest absolute Gasteiger partial charge is 0.252 e. The minimum absolute atomic E-state index is 0.0668. The third-order valence-electron chi connectivity index (χ3n) is 3.73. The maximum atomic E-state index is 12.5. The number of hydrogen-bond acceptors (Lipinski definition) is 3. The van der Waals surface area contributed by atoms with Gasteiger partial charge in [-0.2, -0.15) is 0 Å². The number of para-hydroxylation sites is 1. The molecule has 3 aromatic rings. The Morgan fingerprint density at radius 1 is 1.17 bits per heavy atom. The Kier molecular flexibility index (Phi) is 4.26. The Balaban J connectivity index is 2.39. The van der Waals surface area contributed by atoms with E-state index in [1.807, 2.05) is 48.5 Å². The average Bonchev–Trinajstić information content (AvgIpc) is 2.55. The first-order chi connectivity index (χ1) is 11.1. The molecular formula is C18H16NO3P. The van der Waals surface area contributed by atoms with Crippen LogP contribution in [0.15, 0.2) is 53.3 Å². The number of aromatic amines is 1. The van der Waals surface area contributed by atoms with Crippen LogP contribution in [-0.4, -0.2) is 17.6 Å². The summed E-state index contributed by atoms with van der Waals surface area (Å²) in [5.41, 5.74) is 2.48. The molecule has 1 aromatic heterocycles. The molecule has 0 aliphatic rings. The summed E-state index contributed by atoms with van der Waals surface area (Å²) in [6.07, 6.45) is 0.0668. The van der Waals surface area contributed by atoms with Gasteiger partial charge in [-0.25, -0.2) is 0 Å². The van der Waals surface area contributed by atoms with Gasteiger partial charge in [0.25, 0.3) is 5.56 Å². The minimum Gasteiger partial charge on any atom is -0.497 e. The van der Waals surface area contributed by atoms with Gasteiger partial charge in [0.1, 0.15) is 5.75 Å². The third-order valence-corrected chi connectivity index (χ3v) is 3.93. The molecule has 0 saturated heterocycles. The van der Waals surface area contributed by atoms with Crippen LogP contribution in [0.2, 0.25) is 0 Å². The zero-order chi connectivity index (χ0) is 16.4. The summed E-state index contributed by atoms with van der Waals surface area (Å²) in [6, 6.07) is 15.1.